The molecule has 0 saturated carbocycles. The lowest BCUT2D eigenvalue weighted by Crippen LogP contribution is -2.45. The number of aromatic nitrogens is 3. The van der Waals surface area contributed by atoms with E-state index in [0.29, 0.717) is 55.5 Å². The van der Waals surface area contributed by atoms with Gasteiger partial charge in [-0.1, -0.05) is 0 Å². The molecular weight excluding hydrogens is 413 g/mol. The van der Waals surface area contributed by atoms with Gasteiger partial charge in [0.15, 0.2) is 0 Å². The van der Waals surface area contributed by atoms with Gasteiger partial charge in [0, 0.05) is 24.7 Å². The second-order valence-corrected chi connectivity index (χ2v) is 9.27. The number of pyridine rings is 1. The van der Waals surface area contributed by atoms with Crippen LogP contribution in [0, 0.1) is 5.95 Å². The lowest BCUT2D eigenvalue weighted by Gasteiger charge is -2.38. The van der Waals surface area contributed by atoms with Crippen LogP contribution in [0.1, 0.15) is 24.5 Å². The van der Waals surface area contributed by atoms with Crippen LogP contribution in [-0.2, 0) is 21.2 Å². The van der Waals surface area contributed by atoms with Crippen molar-refractivity contribution in [3.8, 4) is 0 Å². The normalized spacial score (nSPS) is 19.9. The van der Waals surface area contributed by atoms with Crippen LogP contribution in [0.4, 0.5) is 21.7 Å². The number of halogens is 1. The summed E-state index contributed by atoms with van der Waals surface area (Å²) in [5.41, 5.74) is 3.76. The van der Waals surface area contributed by atoms with Crippen LogP contribution in [-0.4, -0.2) is 68.4 Å². The zero-order valence-corrected chi connectivity index (χ0v) is 17.6. The number of hydrazone groups is 1. The molecule has 4 rings (SSSR count). The Morgan fingerprint density at radius 1 is 1.43 bits per heavy atom. The van der Waals surface area contributed by atoms with E-state index in [2.05, 4.69) is 25.7 Å². The van der Waals surface area contributed by atoms with E-state index in [4.69, 9.17) is 4.74 Å². The number of sulfonamides is 1. The predicted molar refractivity (Wildman–Crippen MR) is 112 cm³/mol. The lowest BCUT2D eigenvalue weighted by atomic mass is 10.00. The lowest BCUT2D eigenvalue weighted by molar-refractivity contribution is 0.0983. The van der Waals surface area contributed by atoms with E-state index in [1.54, 1.807) is 12.3 Å². The van der Waals surface area contributed by atoms with Crippen LogP contribution in [0.2, 0.25) is 0 Å². The molecule has 0 spiro atoms. The van der Waals surface area contributed by atoms with E-state index < -0.39 is 16.0 Å². The van der Waals surface area contributed by atoms with E-state index in [1.165, 1.54) is 10.5 Å². The number of hydrogen-bond donors (Lipinski definition) is 2. The Morgan fingerprint density at radius 2 is 2.27 bits per heavy atom. The molecule has 0 bridgehead atoms. The molecule has 1 atom stereocenters. The zero-order valence-electron chi connectivity index (χ0n) is 16.8. The van der Waals surface area contributed by atoms with Crippen molar-refractivity contribution < 1.29 is 17.5 Å². The van der Waals surface area contributed by atoms with Crippen molar-refractivity contribution in [3.63, 3.8) is 0 Å². The van der Waals surface area contributed by atoms with E-state index in [-0.39, 0.29) is 18.2 Å². The Balaban J connectivity index is 1.82. The SMILES string of the molecule is C[C@@H]1COCCN1c1nc(F)c(C=NNc2ccn[nH]2)c2c1CCCN2S(C)(=O)=O. The van der Waals surface area contributed by atoms with Gasteiger partial charge in [-0.25, -0.2) is 13.4 Å². The van der Waals surface area contributed by atoms with Gasteiger partial charge in [0.1, 0.15) is 11.6 Å². The van der Waals surface area contributed by atoms with Crippen molar-refractivity contribution in [2.45, 2.75) is 25.8 Å². The average Bonchev–Trinajstić information content (AvgIpc) is 3.22. The smallest absolute Gasteiger partial charge is 0.232 e. The first kappa shape index (κ1) is 20.5. The minimum atomic E-state index is -3.61. The summed E-state index contributed by atoms with van der Waals surface area (Å²) in [6.07, 6.45) is 5.16. The number of morpholine rings is 1. The van der Waals surface area contributed by atoms with Crippen molar-refractivity contribution in [1.29, 1.82) is 0 Å². The van der Waals surface area contributed by atoms with Gasteiger partial charge >= 0.3 is 0 Å². The Kier molecular flexibility index (Phi) is 5.60. The molecule has 1 saturated heterocycles. The van der Waals surface area contributed by atoms with Crippen LogP contribution >= 0.6 is 0 Å². The Morgan fingerprint density at radius 3 is 2.97 bits per heavy atom. The first-order valence-corrected chi connectivity index (χ1v) is 11.5. The zero-order chi connectivity index (χ0) is 21.3. The maximum Gasteiger partial charge on any atom is 0.232 e. The van der Waals surface area contributed by atoms with Crippen LogP contribution in [0.5, 0.6) is 0 Å². The van der Waals surface area contributed by atoms with Crippen molar-refractivity contribution in [2.24, 2.45) is 5.10 Å². The average molecular weight is 438 g/mol. The molecular formula is C18H24FN7O3S. The van der Waals surface area contributed by atoms with Gasteiger partial charge in [-0.3, -0.25) is 14.8 Å². The molecule has 162 valence electrons. The topological polar surface area (TPSA) is 116 Å². The van der Waals surface area contributed by atoms with Crippen LogP contribution in [0.15, 0.2) is 17.4 Å². The van der Waals surface area contributed by atoms with E-state index in [9.17, 15) is 8.42 Å². The second kappa shape index (κ2) is 8.19. The standard InChI is InChI=1S/C18H24FN7O3S/c1-12-11-29-9-8-25(12)18-13-4-3-7-26(30(2,27)28)16(13)14(17(19)22-18)10-21-24-15-5-6-20-23-15/h5-6,10,12H,3-4,7-9,11H2,1-2H3,(H2,20,23,24)/t12-/m1/s1. The third-order valence-corrected chi connectivity index (χ3v) is 6.36. The fourth-order valence-corrected chi connectivity index (χ4v) is 4.82. The minimum Gasteiger partial charge on any atom is -0.377 e. The fraction of sp³-hybridized carbons (Fsp3) is 0.500. The van der Waals surface area contributed by atoms with E-state index in [1.807, 2.05) is 11.8 Å². The minimum absolute atomic E-state index is 0.00456. The van der Waals surface area contributed by atoms with E-state index >= 15 is 4.39 Å². The van der Waals surface area contributed by atoms with Crippen molar-refractivity contribution in [3.05, 3.63) is 29.3 Å². The summed E-state index contributed by atoms with van der Waals surface area (Å²) < 4.78 is 47.0. The molecule has 0 amide bonds. The molecule has 10 nitrogen and oxygen atoms in total. The van der Waals surface area contributed by atoms with Gasteiger partial charge in [-0.05, 0) is 19.8 Å². The summed E-state index contributed by atoms with van der Waals surface area (Å²) in [6.45, 7) is 3.84. The number of fused-ring (bicyclic) bond motifs is 1. The van der Waals surface area contributed by atoms with Crippen molar-refractivity contribution in [1.82, 2.24) is 15.2 Å². The highest BCUT2D eigenvalue weighted by molar-refractivity contribution is 7.92. The Hall–Kier alpha value is -2.73. The second-order valence-electron chi connectivity index (χ2n) is 7.36. The molecule has 12 heteroatoms. The molecule has 2 N–H and O–H groups in total. The van der Waals surface area contributed by atoms with Crippen molar-refractivity contribution >= 4 is 33.6 Å². The number of nitrogens with zero attached hydrogens (tertiary/aromatic N) is 5. The Bertz CT molecular complexity index is 1040. The molecule has 30 heavy (non-hydrogen) atoms. The summed E-state index contributed by atoms with van der Waals surface area (Å²) in [7, 11) is -3.61. The number of rotatable bonds is 5. The van der Waals surface area contributed by atoms with Gasteiger partial charge in [-0.2, -0.15) is 14.6 Å². The largest absolute Gasteiger partial charge is 0.377 e. The molecule has 2 aliphatic heterocycles. The van der Waals surface area contributed by atoms with E-state index in [0.717, 1.165) is 6.26 Å². The first-order valence-electron chi connectivity index (χ1n) is 9.69. The number of nitrogens with one attached hydrogen (secondary N) is 2. The first-order chi connectivity index (χ1) is 14.4. The summed E-state index contributed by atoms with van der Waals surface area (Å²) in [5, 5.41) is 10.5. The maximum absolute atomic E-state index is 15.2. The van der Waals surface area contributed by atoms with Crippen LogP contribution in [0.3, 0.4) is 0 Å². The number of H-pyrrole nitrogens is 1. The highest BCUT2D eigenvalue weighted by atomic mass is 32.2. The number of aromatic amines is 1. The van der Waals surface area contributed by atoms with Gasteiger partial charge in [0.05, 0.1) is 49.2 Å². The summed E-state index contributed by atoms with van der Waals surface area (Å²) in [4.78, 5) is 6.22. The van der Waals surface area contributed by atoms with Gasteiger partial charge in [0.25, 0.3) is 0 Å². The van der Waals surface area contributed by atoms with Crippen LogP contribution in [0.25, 0.3) is 0 Å². The predicted octanol–water partition coefficient (Wildman–Crippen LogP) is 1.33. The highest BCUT2D eigenvalue weighted by Gasteiger charge is 2.34. The number of ether oxygens (including phenoxy) is 1. The molecule has 0 radical (unpaired) electrons. The van der Waals surface area contributed by atoms with Gasteiger partial charge in [0.2, 0.25) is 16.0 Å². The van der Waals surface area contributed by atoms with Crippen molar-refractivity contribution in [2.75, 3.05) is 47.2 Å². The van der Waals surface area contributed by atoms with Crippen LogP contribution < -0.4 is 14.6 Å². The molecule has 0 unspecified atom stereocenters. The van der Waals surface area contributed by atoms with Gasteiger partial charge < -0.3 is 9.64 Å². The van der Waals surface area contributed by atoms with Gasteiger partial charge in [-0.15, -0.1) is 0 Å². The summed E-state index contributed by atoms with van der Waals surface area (Å²) in [6, 6.07) is 1.66. The third-order valence-electron chi connectivity index (χ3n) is 5.19. The number of anilines is 3. The molecule has 4 heterocycles. The summed E-state index contributed by atoms with van der Waals surface area (Å²) in [5.74, 6) is 0.227. The molecule has 2 aromatic heterocycles. The summed E-state index contributed by atoms with van der Waals surface area (Å²) >= 11 is 0. The Labute approximate surface area is 174 Å². The molecule has 0 aromatic carbocycles. The monoisotopic (exact) mass is 437 g/mol. The molecule has 2 aromatic rings. The molecule has 2 aliphatic rings. The highest BCUT2D eigenvalue weighted by Crippen LogP contribution is 2.39. The maximum atomic E-state index is 15.2. The third kappa shape index (κ3) is 3.97. The number of hydrogen-bond acceptors (Lipinski definition) is 8. The quantitative estimate of drug-likeness (QED) is 0.412. The molecule has 1 fully saturated rings. The fourth-order valence-electron chi connectivity index (χ4n) is 3.82. The molecule has 0 aliphatic carbocycles.